The second kappa shape index (κ2) is 8.33. The molecule has 1 fully saturated rings. The molecule has 26 heavy (non-hydrogen) atoms. The maximum Gasteiger partial charge on any atom is 0.415 e. The monoisotopic (exact) mass is 356 g/mol. The molecular weight excluding hydrogens is 336 g/mol. The van der Waals surface area contributed by atoms with Crippen molar-refractivity contribution in [3.8, 4) is 5.75 Å². The van der Waals surface area contributed by atoms with Crippen molar-refractivity contribution in [1.82, 2.24) is 9.88 Å². The number of carbonyl (C=O) groups is 2. The van der Waals surface area contributed by atoms with Crippen LogP contribution in [0.5, 0.6) is 5.75 Å². The number of nitrogens with one attached hydrogen (secondary N) is 1. The highest BCUT2D eigenvalue weighted by atomic mass is 16.6. The van der Waals surface area contributed by atoms with E-state index in [1.165, 1.54) is 6.20 Å². The highest BCUT2D eigenvalue weighted by Crippen LogP contribution is 2.12. The van der Waals surface area contributed by atoms with E-state index >= 15 is 0 Å². The molecule has 3 rings (SSSR count). The molecule has 0 saturated carbocycles. The molecule has 2 aromatic rings. The van der Waals surface area contributed by atoms with Crippen molar-refractivity contribution in [2.24, 2.45) is 0 Å². The van der Waals surface area contributed by atoms with Crippen LogP contribution in [0.4, 0.5) is 4.79 Å². The van der Waals surface area contributed by atoms with Gasteiger partial charge in [0.05, 0.1) is 0 Å². The SMILES string of the molecule is O=C(OCc1ccccc1)c1cc(=O)c(OC(=O)N2CCCCC2)c[nH]1. The number of aromatic nitrogens is 1. The zero-order valence-electron chi connectivity index (χ0n) is 14.3. The largest absolute Gasteiger partial charge is 0.456 e. The van der Waals surface area contributed by atoms with Crippen LogP contribution in [0.2, 0.25) is 0 Å². The number of aromatic amines is 1. The molecule has 0 aliphatic carbocycles. The van der Waals surface area contributed by atoms with E-state index in [2.05, 4.69) is 4.98 Å². The van der Waals surface area contributed by atoms with Gasteiger partial charge in [-0.3, -0.25) is 4.79 Å². The van der Waals surface area contributed by atoms with E-state index in [0.29, 0.717) is 13.1 Å². The molecule has 2 heterocycles. The van der Waals surface area contributed by atoms with Gasteiger partial charge in [0, 0.05) is 25.4 Å². The molecular formula is C19H20N2O5. The number of carbonyl (C=O) groups excluding carboxylic acids is 2. The zero-order chi connectivity index (χ0) is 18.4. The highest BCUT2D eigenvalue weighted by Gasteiger charge is 2.20. The van der Waals surface area contributed by atoms with E-state index in [4.69, 9.17) is 9.47 Å². The van der Waals surface area contributed by atoms with Gasteiger partial charge in [0.2, 0.25) is 5.43 Å². The third kappa shape index (κ3) is 4.50. The minimum absolute atomic E-state index is 0.00343. The molecule has 0 bridgehead atoms. The van der Waals surface area contributed by atoms with Crippen molar-refractivity contribution in [2.75, 3.05) is 13.1 Å². The van der Waals surface area contributed by atoms with Crippen LogP contribution < -0.4 is 10.2 Å². The van der Waals surface area contributed by atoms with Crippen molar-refractivity contribution in [3.63, 3.8) is 0 Å². The topological polar surface area (TPSA) is 88.7 Å². The Labute approximate surface area is 150 Å². The van der Waals surface area contributed by atoms with Gasteiger partial charge < -0.3 is 19.4 Å². The first-order valence-electron chi connectivity index (χ1n) is 8.54. The first-order chi connectivity index (χ1) is 12.6. The number of likely N-dealkylation sites (tertiary alicyclic amines) is 1. The number of hydrogen-bond acceptors (Lipinski definition) is 5. The number of hydrogen-bond donors (Lipinski definition) is 1. The molecule has 1 N–H and O–H groups in total. The van der Waals surface area contributed by atoms with Crippen LogP contribution >= 0.6 is 0 Å². The quantitative estimate of drug-likeness (QED) is 0.851. The number of pyridine rings is 1. The fourth-order valence-electron chi connectivity index (χ4n) is 2.69. The average molecular weight is 356 g/mol. The van der Waals surface area contributed by atoms with Gasteiger partial charge in [-0.2, -0.15) is 0 Å². The second-order valence-electron chi connectivity index (χ2n) is 6.05. The van der Waals surface area contributed by atoms with Crippen LogP contribution in [0.25, 0.3) is 0 Å². The number of ether oxygens (including phenoxy) is 2. The van der Waals surface area contributed by atoms with Gasteiger partial charge in [-0.15, -0.1) is 0 Å². The van der Waals surface area contributed by atoms with Gasteiger partial charge in [-0.25, -0.2) is 9.59 Å². The van der Waals surface area contributed by atoms with Crippen molar-refractivity contribution in [3.05, 3.63) is 64.1 Å². The molecule has 7 nitrogen and oxygen atoms in total. The van der Waals surface area contributed by atoms with E-state index < -0.39 is 17.5 Å². The number of piperidine rings is 1. The fourth-order valence-corrected chi connectivity index (χ4v) is 2.69. The Morgan fingerprint density at radius 2 is 1.81 bits per heavy atom. The number of rotatable bonds is 4. The number of nitrogens with zero attached hydrogens (tertiary/aromatic N) is 1. The maximum absolute atomic E-state index is 12.1. The van der Waals surface area contributed by atoms with Crippen LogP contribution in [0.1, 0.15) is 35.3 Å². The minimum Gasteiger partial charge on any atom is -0.456 e. The number of amides is 1. The van der Waals surface area contributed by atoms with Gasteiger partial charge in [0.25, 0.3) is 0 Å². The smallest absolute Gasteiger partial charge is 0.415 e. The first-order valence-corrected chi connectivity index (χ1v) is 8.54. The van der Waals surface area contributed by atoms with E-state index in [9.17, 15) is 14.4 Å². The predicted octanol–water partition coefficient (Wildman–Crippen LogP) is 2.72. The summed E-state index contributed by atoms with van der Waals surface area (Å²) in [5.74, 6) is -0.792. The third-order valence-electron chi connectivity index (χ3n) is 4.12. The summed E-state index contributed by atoms with van der Waals surface area (Å²) in [6.45, 7) is 1.36. The average Bonchev–Trinajstić information content (AvgIpc) is 2.69. The summed E-state index contributed by atoms with van der Waals surface area (Å²) >= 11 is 0. The molecule has 136 valence electrons. The molecule has 0 radical (unpaired) electrons. The molecule has 1 amide bonds. The van der Waals surface area contributed by atoms with Crippen LogP contribution in [0.3, 0.4) is 0 Å². The maximum atomic E-state index is 12.1. The summed E-state index contributed by atoms with van der Waals surface area (Å²) in [4.78, 5) is 40.4. The third-order valence-corrected chi connectivity index (χ3v) is 4.12. The lowest BCUT2D eigenvalue weighted by molar-refractivity contribution is 0.0465. The standard InChI is InChI=1S/C19H20N2O5/c22-16-11-15(18(23)25-13-14-7-3-1-4-8-14)20-12-17(16)26-19(24)21-9-5-2-6-10-21/h1,3-4,7-8,11-12H,2,5-6,9-10,13H2,(H,20,22). The van der Waals surface area contributed by atoms with E-state index in [1.807, 2.05) is 30.3 Å². The number of esters is 1. The summed E-state index contributed by atoms with van der Waals surface area (Å²) in [7, 11) is 0. The Kier molecular flexibility index (Phi) is 5.68. The molecule has 0 unspecified atom stereocenters. The number of benzene rings is 1. The second-order valence-corrected chi connectivity index (χ2v) is 6.05. The summed E-state index contributed by atoms with van der Waals surface area (Å²) in [5.41, 5.74) is 0.291. The predicted molar refractivity (Wildman–Crippen MR) is 94.1 cm³/mol. The highest BCUT2D eigenvalue weighted by molar-refractivity contribution is 5.87. The van der Waals surface area contributed by atoms with E-state index in [1.54, 1.807) is 4.90 Å². The van der Waals surface area contributed by atoms with E-state index in [-0.39, 0.29) is 18.1 Å². The first kappa shape index (κ1) is 17.7. The van der Waals surface area contributed by atoms with Crippen molar-refractivity contribution < 1.29 is 19.1 Å². The van der Waals surface area contributed by atoms with Crippen LogP contribution in [0, 0.1) is 0 Å². The van der Waals surface area contributed by atoms with Crippen LogP contribution in [-0.2, 0) is 11.3 Å². The summed E-state index contributed by atoms with van der Waals surface area (Å²) in [6.07, 6.45) is 3.61. The normalized spacial score (nSPS) is 13.9. The Morgan fingerprint density at radius 1 is 1.08 bits per heavy atom. The summed E-state index contributed by atoms with van der Waals surface area (Å²) in [6, 6.07) is 10.3. The lowest BCUT2D eigenvalue weighted by atomic mass is 10.1. The molecule has 1 aromatic heterocycles. The minimum atomic E-state index is -0.653. The zero-order valence-corrected chi connectivity index (χ0v) is 14.3. The summed E-state index contributed by atoms with van der Waals surface area (Å²) < 4.78 is 10.3. The lowest BCUT2D eigenvalue weighted by Crippen LogP contribution is -2.38. The van der Waals surface area contributed by atoms with Gasteiger partial charge in [0.1, 0.15) is 12.3 Å². The molecule has 1 aliphatic heterocycles. The Balaban J connectivity index is 1.60. The molecule has 7 heteroatoms. The van der Waals surface area contributed by atoms with Gasteiger partial charge in [-0.05, 0) is 24.8 Å². The molecule has 1 aliphatic rings. The fraction of sp³-hybridized carbons (Fsp3) is 0.316. The van der Waals surface area contributed by atoms with Gasteiger partial charge >= 0.3 is 12.1 Å². The van der Waals surface area contributed by atoms with Crippen molar-refractivity contribution >= 4 is 12.1 Å². The molecule has 0 atom stereocenters. The Bertz CT molecular complexity index is 825. The molecule has 0 spiro atoms. The summed E-state index contributed by atoms with van der Waals surface area (Å²) in [5, 5.41) is 0. The van der Waals surface area contributed by atoms with Gasteiger partial charge in [0.15, 0.2) is 5.75 Å². The lowest BCUT2D eigenvalue weighted by Gasteiger charge is -2.25. The van der Waals surface area contributed by atoms with Crippen molar-refractivity contribution in [1.29, 1.82) is 0 Å². The molecule has 1 saturated heterocycles. The number of H-pyrrole nitrogens is 1. The Hall–Kier alpha value is -3.09. The van der Waals surface area contributed by atoms with Crippen LogP contribution in [-0.4, -0.2) is 35.0 Å². The Morgan fingerprint density at radius 3 is 2.50 bits per heavy atom. The van der Waals surface area contributed by atoms with Gasteiger partial charge in [-0.1, -0.05) is 30.3 Å². The van der Waals surface area contributed by atoms with E-state index in [0.717, 1.165) is 30.9 Å². The molecule has 1 aromatic carbocycles. The van der Waals surface area contributed by atoms with Crippen molar-refractivity contribution in [2.45, 2.75) is 25.9 Å². The van der Waals surface area contributed by atoms with Crippen LogP contribution in [0.15, 0.2) is 47.4 Å².